The molecule has 2 aromatic heterocycles. The summed E-state index contributed by atoms with van der Waals surface area (Å²) in [7, 11) is 2.05. The average molecular weight is 586 g/mol. The molecule has 4 nitrogen and oxygen atoms in total. The predicted octanol–water partition coefficient (Wildman–Crippen LogP) is 7.27. The van der Waals surface area contributed by atoms with Crippen LogP contribution in [0.2, 0.25) is 10.0 Å². The molecule has 0 fully saturated rings. The lowest BCUT2D eigenvalue weighted by atomic mass is 10.1. The van der Waals surface area contributed by atoms with Gasteiger partial charge in [0, 0.05) is 37.8 Å². The van der Waals surface area contributed by atoms with Crippen LogP contribution in [0.1, 0.15) is 17.1 Å². The molecule has 7 heteroatoms. The summed E-state index contributed by atoms with van der Waals surface area (Å²) in [5.41, 5.74) is 4.34. The molecule has 0 aliphatic heterocycles. The van der Waals surface area contributed by atoms with Gasteiger partial charge in [-0.25, -0.2) is 4.98 Å². The molecule has 0 saturated heterocycles. The second kappa shape index (κ2) is 8.63. The maximum absolute atomic E-state index is 13.6. The third-order valence-corrected chi connectivity index (χ3v) is 7.06. The molecule has 0 spiro atoms. The summed E-state index contributed by atoms with van der Waals surface area (Å²) in [6.45, 7) is 2.08. The molecule has 3 aromatic carbocycles. The number of hydrogen-bond acceptors (Lipinski definition) is 2. The molecule has 0 bridgehead atoms. The first kappa shape index (κ1) is 22.2. The van der Waals surface area contributed by atoms with Crippen molar-refractivity contribution in [2.45, 2.75) is 6.92 Å². The zero-order valence-electron chi connectivity index (χ0n) is 17.8. The van der Waals surface area contributed by atoms with Crippen molar-refractivity contribution in [3.05, 3.63) is 102 Å². The first-order valence-electron chi connectivity index (χ1n) is 10.2. The molecule has 164 valence electrons. The fourth-order valence-corrected chi connectivity index (χ4v) is 5.08. The molecule has 5 aromatic rings. The lowest BCUT2D eigenvalue weighted by molar-refractivity contribution is 0.916. The summed E-state index contributed by atoms with van der Waals surface area (Å²) in [5.74, 6) is 0.491. The number of halogens is 3. The van der Waals surface area contributed by atoms with Gasteiger partial charge in [-0.3, -0.25) is 9.36 Å². The van der Waals surface area contributed by atoms with Crippen molar-refractivity contribution in [1.29, 1.82) is 0 Å². The van der Waals surface area contributed by atoms with Gasteiger partial charge in [-0.1, -0.05) is 41.4 Å². The number of nitrogens with zero attached hydrogens (tertiary/aromatic N) is 3. The van der Waals surface area contributed by atoms with Crippen LogP contribution in [-0.2, 0) is 7.05 Å². The van der Waals surface area contributed by atoms with E-state index in [1.165, 1.54) is 0 Å². The van der Waals surface area contributed by atoms with Gasteiger partial charge in [0.15, 0.2) is 0 Å². The lowest BCUT2D eigenvalue weighted by Crippen LogP contribution is -2.22. The monoisotopic (exact) mass is 585 g/mol. The Hall–Kier alpha value is -2.61. The quantitative estimate of drug-likeness (QED) is 0.209. The van der Waals surface area contributed by atoms with Gasteiger partial charge < -0.3 is 4.57 Å². The standard InChI is InChI=1S/C26H18Cl2IN3O/c1-15-18(19-5-3-4-6-23(19)31(15)2)9-12-25-30-22-10-8-17(29)14-20(22)26(33)32(25)24-11-7-16(27)13-21(24)28/h3-14H,1-2H3/b12-9+. The average Bonchev–Trinajstić information content (AvgIpc) is 3.04. The first-order chi connectivity index (χ1) is 15.8. The predicted molar refractivity (Wildman–Crippen MR) is 147 cm³/mol. The van der Waals surface area contributed by atoms with Gasteiger partial charge in [0.1, 0.15) is 5.82 Å². The van der Waals surface area contributed by atoms with E-state index in [9.17, 15) is 4.79 Å². The number of aromatic nitrogens is 3. The fourth-order valence-electron chi connectivity index (χ4n) is 4.10. The van der Waals surface area contributed by atoms with Crippen molar-refractivity contribution in [2.24, 2.45) is 7.05 Å². The Labute approximate surface area is 214 Å². The minimum atomic E-state index is -0.183. The molecule has 0 radical (unpaired) electrons. The Morgan fingerprint density at radius 3 is 2.55 bits per heavy atom. The molecule has 5 rings (SSSR count). The maximum Gasteiger partial charge on any atom is 0.266 e. The number of benzene rings is 3. The van der Waals surface area contributed by atoms with E-state index >= 15 is 0 Å². The normalized spacial score (nSPS) is 11.8. The first-order valence-corrected chi connectivity index (χ1v) is 12.1. The second-order valence-corrected chi connectivity index (χ2v) is 9.87. The number of hydrogen-bond donors (Lipinski definition) is 0. The zero-order chi connectivity index (χ0) is 23.3. The smallest absolute Gasteiger partial charge is 0.266 e. The largest absolute Gasteiger partial charge is 0.347 e. The van der Waals surface area contributed by atoms with Gasteiger partial charge in [0.05, 0.1) is 21.6 Å². The van der Waals surface area contributed by atoms with Crippen LogP contribution in [0.25, 0.3) is 39.6 Å². The minimum absolute atomic E-state index is 0.183. The Kier molecular flexibility index (Phi) is 5.80. The van der Waals surface area contributed by atoms with E-state index in [1.54, 1.807) is 22.8 Å². The highest BCUT2D eigenvalue weighted by Gasteiger charge is 2.15. The molecular weight excluding hydrogens is 568 g/mol. The van der Waals surface area contributed by atoms with E-state index in [0.29, 0.717) is 32.5 Å². The van der Waals surface area contributed by atoms with Crippen molar-refractivity contribution in [3.63, 3.8) is 0 Å². The van der Waals surface area contributed by atoms with E-state index in [4.69, 9.17) is 28.2 Å². The SMILES string of the molecule is Cc1c(/C=C/c2nc3ccc(I)cc3c(=O)n2-c2ccc(Cl)cc2Cl)c2ccccc2n1C. The zero-order valence-corrected chi connectivity index (χ0v) is 21.5. The van der Waals surface area contributed by atoms with Crippen LogP contribution >= 0.6 is 45.8 Å². The molecule has 0 atom stereocenters. The van der Waals surface area contributed by atoms with Gasteiger partial charge in [0.25, 0.3) is 5.56 Å². The molecular formula is C26H18Cl2IN3O. The van der Waals surface area contributed by atoms with Gasteiger partial charge in [-0.2, -0.15) is 0 Å². The van der Waals surface area contributed by atoms with E-state index < -0.39 is 0 Å². The van der Waals surface area contributed by atoms with Crippen LogP contribution in [-0.4, -0.2) is 14.1 Å². The molecule has 0 amide bonds. The molecule has 0 unspecified atom stereocenters. The highest BCUT2D eigenvalue weighted by atomic mass is 127. The number of rotatable bonds is 3. The van der Waals surface area contributed by atoms with Gasteiger partial charge in [-0.05, 0) is 84.1 Å². The fraction of sp³-hybridized carbons (Fsp3) is 0.0769. The topological polar surface area (TPSA) is 39.8 Å². The molecule has 0 saturated carbocycles. The lowest BCUT2D eigenvalue weighted by Gasteiger charge is -2.13. The van der Waals surface area contributed by atoms with Crippen LogP contribution in [0.5, 0.6) is 0 Å². The van der Waals surface area contributed by atoms with Crippen LogP contribution in [0.4, 0.5) is 0 Å². The summed E-state index contributed by atoms with van der Waals surface area (Å²) < 4.78 is 4.67. The Bertz CT molecular complexity index is 1650. The van der Waals surface area contributed by atoms with Gasteiger partial charge in [-0.15, -0.1) is 0 Å². The Balaban J connectivity index is 1.79. The van der Waals surface area contributed by atoms with Gasteiger partial charge in [0.2, 0.25) is 0 Å². The van der Waals surface area contributed by atoms with E-state index in [1.807, 2.05) is 49.5 Å². The van der Waals surface area contributed by atoms with E-state index in [-0.39, 0.29) is 5.56 Å². The third kappa shape index (κ3) is 3.88. The number of para-hydroxylation sites is 1. The van der Waals surface area contributed by atoms with Crippen molar-refractivity contribution in [2.75, 3.05) is 0 Å². The Morgan fingerprint density at radius 1 is 0.970 bits per heavy atom. The highest BCUT2D eigenvalue weighted by Crippen LogP contribution is 2.28. The van der Waals surface area contributed by atoms with Crippen molar-refractivity contribution in [3.8, 4) is 5.69 Å². The summed E-state index contributed by atoms with van der Waals surface area (Å²) >= 11 is 14.8. The van der Waals surface area contributed by atoms with Crippen molar-refractivity contribution < 1.29 is 0 Å². The van der Waals surface area contributed by atoms with Gasteiger partial charge >= 0.3 is 0 Å². The maximum atomic E-state index is 13.6. The third-order valence-electron chi connectivity index (χ3n) is 5.85. The van der Waals surface area contributed by atoms with Crippen LogP contribution in [0, 0.1) is 10.5 Å². The highest BCUT2D eigenvalue weighted by molar-refractivity contribution is 14.1. The molecule has 0 aliphatic carbocycles. The van der Waals surface area contributed by atoms with E-state index in [2.05, 4.69) is 46.2 Å². The molecule has 0 aliphatic rings. The molecule has 33 heavy (non-hydrogen) atoms. The van der Waals surface area contributed by atoms with Crippen LogP contribution in [0.15, 0.2) is 65.5 Å². The van der Waals surface area contributed by atoms with Crippen LogP contribution < -0.4 is 5.56 Å². The van der Waals surface area contributed by atoms with Crippen LogP contribution in [0.3, 0.4) is 0 Å². The van der Waals surface area contributed by atoms with E-state index in [0.717, 1.165) is 25.7 Å². The summed E-state index contributed by atoms with van der Waals surface area (Å²) in [6.07, 6.45) is 3.89. The van der Waals surface area contributed by atoms with Crippen molar-refractivity contribution in [1.82, 2.24) is 14.1 Å². The summed E-state index contributed by atoms with van der Waals surface area (Å²) in [4.78, 5) is 18.4. The second-order valence-electron chi connectivity index (χ2n) is 7.78. The number of fused-ring (bicyclic) bond motifs is 2. The van der Waals surface area contributed by atoms with Crippen molar-refractivity contribution >= 4 is 79.8 Å². The minimum Gasteiger partial charge on any atom is -0.347 e. The summed E-state index contributed by atoms with van der Waals surface area (Å²) in [6, 6.07) is 19.0. The summed E-state index contributed by atoms with van der Waals surface area (Å²) in [5, 5.41) is 2.56. The molecule has 0 N–H and O–H groups in total. The number of aryl methyl sites for hydroxylation is 1. The molecule has 2 heterocycles. The Morgan fingerprint density at radius 2 is 1.76 bits per heavy atom.